The van der Waals surface area contributed by atoms with Crippen LogP contribution in [0.25, 0.3) is 11.1 Å². The number of allylic oxidation sites excluding steroid dienone is 1. The molecule has 1 heterocycles. The van der Waals surface area contributed by atoms with Crippen molar-refractivity contribution in [2.45, 2.75) is 13.2 Å². The number of ether oxygens (including phenoxy) is 2. The van der Waals surface area contributed by atoms with Crippen molar-refractivity contribution in [3.8, 4) is 11.1 Å². The molecule has 0 bridgehead atoms. The minimum Gasteiger partial charge on any atom is -0.348 e. The van der Waals surface area contributed by atoms with Gasteiger partial charge in [0.25, 0.3) is 0 Å². The van der Waals surface area contributed by atoms with Crippen LogP contribution in [-0.4, -0.2) is 13.2 Å². The van der Waals surface area contributed by atoms with Gasteiger partial charge in [-0.1, -0.05) is 65.7 Å². The first-order chi connectivity index (χ1) is 11.2. The van der Waals surface area contributed by atoms with Crippen molar-refractivity contribution in [3.05, 3.63) is 70.2 Å². The molecule has 1 aliphatic heterocycles. The highest BCUT2D eigenvalue weighted by molar-refractivity contribution is 6.42. The van der Waals surface area contributed by atoms with Crippen LogP contribution < -0.4 is 0 Å². The fourth-order valence-electron chi connectivity index (χ4n) is 2.60. The van der Waals surface area contributed by atoms with E-state index in [-0.39, 0.29) is 6.29 Å². The molecule has 120 valence electrons. The average Bonchev–Trinajstić information content (AvgIpc) is 2.59. The van der Waals surface area contributed by atoms with Gasteiger partial charge in [0.05, 0.1) is 23.3 Å². The second-order valence-electron chi connectivity index (χ2n) is 5.54. The molecule has 0 aliphatic carbocycles. The van der Waals surface area contributed by atoms with Crippen molar-refractivity contribution in [3.63, 3.8) is 0 Å². The third-order valence-corrected chi connectivity index (χ3v) is 4.56. The van der Waals surface area contributed by atoms with Crippen LogP contribution in [-0.2, 0) is 9.47 Å². The molecule has 0 radical (unpaired) electrons. The fraction of sp³-hybridized carbons (Fsp3) is 0.263. The molecule has 2 aromatic rings. The lowest BCUT2D eigenvalue weighted by molar-refractivity contribution is -0.197. The predicted molar refractivity (Wildman–Crippen MR) is 94.8 cm³/mol. The van der Waals surface area contributed by atoms with Gasteiger partial charge in [0.15, 0.2) is 6.29 Å². The summed E-state index contributed by atoms with van der Waals surface area (Å²) in [5, 5.41) is 1.12. The van der Waals surface area contributed by atoms with Crippen molar-refractivity contribution < 1.29 is 9.47 Å². The first-order valence-corrected chi connectivity index (χ1v) is 8.34. The Morgan fingerprint density at radius 1 is 0.913 bits per heavy atom. The Balaban J connectivity index is 1.71. The second-order valence-corrected chi connectivity index (χ2v) is 6.35. The molecule has 0 aromatic heterocycles. The van der Waals surface area contributed by atoms with Crippen LogP contribution in [0.4, 0.5) is 0 Å². The number of hydrogen-bond acceptors (Lipinski definition) is 2. The lowest BCUT2D eigenvalue weighted by atomic mass is 10.0. The van der Waals surface area contributed by atoms with Crippen LogP contribution in [0.15, 0.2) is 54.6 Å². The predicted octanol–water partition coefficient (Wildman–Crippen LogP) is 5.90. The Morgan fingerprint density at radius 3 is 2.17 bits per heavy atom. The molecule has 0 atom stereocenters. The lowest BCUT2D eigenvalue weighted by Crippen LogP contribution is -2.25. The highest BCUT2D eigenvalue weighted by atomic mass is 35.5. The Labute approximate surface area is 146 Å². The Kier molecular flexibility index (Phi) is 5.39. The van der Waals surface area contributed by atoms with Gasteiger partial charge in [0, 0.05) is 11.5 Å². The summed E-state index contributed by atoms with van der Waals surface area (Å²) in [7, 11) is 0. The zero-order chi connectivity index (χ0) is 16.2. The van der Waals surface area contributed by atoms with Gasteiger partial charge < -0.3 is 9.47 Å². The molecule has 23 heavy (non-hydrogen) atoms. The van der Waals surface area contributed by atoms with Crippen molar-refractivity contribution in [2.24, 2.45) is 5.92 Å². The first-order valence-electron chi connectivity index (χ1n) is 7.59. The maximum atomic E-state index is 6.08. The minimum atomic E-state index is -0.292. The Hall–Kier alpha value is -1.32. The molecule has 0 unspecified atom stereocenters. The van der Waals surface area contributed by atoms with E-state index in [1.54, 1.807) is 0 Å². The second kappa shape index (κ2) is 7.50. The van der Waals surface area contributed by atoms with Crippen LogP contribution in [0.5, 0.6) is 0 Å². The molecule has 0 saturated carbocycles. The normalized spacial score (nSPS) is 21.7. The van der Waals surface area contributed by atoms with Crippen LogP contribution in [0, 0.1) is 5.92 Å². The van der Waals surface area contributed by atoms with E-state index in [4.69, 9.17) is 32.7 Å². The summed E-state index contributed by atoms with van der Waals surface area (Å²) in [5.41, 5.74) is 3.13. The largest absolute Gasteiger partial charge is 0.348 e. The zero-order valence-electron chi connectivity index (χ0n) is 12.8. The summed E-state index contributed by atoms with van der Waals surface area (Å²) in [4.78, 5) is 0. The van der Waals surface area contributed by atoms with Gasteiger partial charge in [0.2, 0.25) is 0 Å². The molecule has 0 amide bonds. The van der Waals surface area contributed by atoms with E-state index in [2.05, 4.69) is 6.08 Å². The van der Waals surface area contributed by atoms with Crippen molar-refractivity contribution in [2.75, 3.05) is 13.2 Å². The molecular formula is C19H18Cl2O2. The Bertz CT molecular complexity index is 687. The first kappa shape index (κ1) is 16.5. The molecule has 3 rings (SSSR count). The molecule has 0 spiro atoms. The summed E-state index contributed by atoms with van der Waals surface area (Å²) in [6.45, 7) is 3.38. The molecular weight excluding hydrogens is 331 g/mol. The third kappa shape index (κ3) is 3.96. The van der Waals surface area contributed by atoms with Crippen LogP contribution >= 0.6 is 23.2 Å². The van der Waals surface area contributed by atoms with Gasteiger partial charge in [0.1, 0.15) is 0 Å². The summed E-state index contributed by atoms with van der Waals surface area (Å²) < 4.78 is 11.6. The summed E-state index contributed by atoms with van der Waals surface area (Å²) in [6, 6.07) is 13.8. The van der Waals surface area contributed by atoms with Crippen LogP contribution in [0.1, 0.15) is 18.8 Å². The summed E-state index contributed by atoms with van der Waals surface area (Å²) in [6.07, 6.45) is 3.85. The van der Waals surface area contributed by atoms with Gasteiger partial charge in [-0.05, 0) is 30.2 Å². The quantitative estimate of drug-likeness (QED) is 0.643. The summed E-state index contributed by atoms with van der Waals surface area (Å²) in [5.74, 6) is 0.340. The van der Waals surface area contributed by atoms with E-state index >= 15 is 0 Å². The highest BCUT2D eigenvalue weighted by Gasteiger charge is 2.21. The molecule has 1 fully saturated rings. The fourth-order valence-corrected chi connectivity index (χ4v) is 2.90. The van der Waals surface area contributed by atoms with Gasteiger partial charge in [-0.15, -0.1) is 0 Å². The highest BCUT2D eigenvalue weighted by Crippen LogP contribution is 2.31. The topological polar surface area (TPSA) is 18.5 Å². The molecule has 0 N–H and O–H groups in total. The van der Waals surface area contributed by atoms with Crippen LogP contribution in [0.2, 0.25) is 10.0 Å². The van der Waals surface area contributed by atoms with Crippen LogP contribution in [0.3, 0.4) is 0 Å². The van der Waals surface area contributed by atoms with Gasteiger partial charge in [-0.3, -0.25) is 0 Å². The average molecular weight is 349 g/mol. The van der Waals surface area contributed by atoms with E-state index in [0.29, 0.717) is 29.2 Å². The molecule has 1 saturated heterocycles. The number of halogens is 2. The van der Waals surface area contributed by atoms with E-state index in [0.717, 1.165) is 16.7 Å². The molecule has 4 heteroatoms. The maximum absolute atomic E-state index is 6.08. The standard InChI is InChI=1S/C19H18Cl2O2/c1-2-3-13-11-22-19(23-12-13)15-6-4-14(5-7-15)16-8-9-17(20)18(21)10-16/h2-10,13,19H,11-12H2,1H3/t13-,19-. The van der Waals surface area contributed by atoms with Gasteiger partial charge in [-0.25, -0.2) is 0 Å². The SMILES string of the molecule is CC=C[C@H]1CO[C@H](c2ccc(-c3ccc(Cl)c(Cl)c3)cc2)OC1. The Morgan fingerprint density at radius 2 is 1.57 bits per heavy atom. The number of benzene rings is 2. The zero-order valence-corrected chi connectivity index (χ0v) is 14.3. The van der Waals surface area contributed by atoms with E-state index in [9.17, 15) is 0 Å². The van der Waals surface area contributed by atoms with Gasteiger partial charge >= 0.3 is 0 Å². The van der Waals surface area contributed by atoms with Crippen molar-refractivity contribution in [1.82, 2.24) is 0 Å². The van der Waals surface area contributed by atoms with E-state index in [1.165, 1.54) is 0 Å². The molecule has 2 aromatic carbocycles. The van der Waals surface area contributed by atoms with Crippen molar-refractivity contribution in [1.29, 1.82) is 0 Å². The minimum absolute atomic E-state index is 0.292. The van der Waals surface area contributed by atoms with Gasteiger partial charge in [-0.2, -0.15) is 0 Å². The molecule has 2 nitrogen and oxygen atoms in total. The lowest BCUT2D eigenvalue weighted by Gasteiger charge is -2.28. The number of hydrogen-bond donors (Lipinski definition) is 0. The maximum Gasteiger partial charge on any atom is 0.183 e. The number of rotatable bonds is 3. The van der Waals surface area contributed by atoms with E-state index < -0.39 is 0 Å². The third-order valence-electron chi connectivity index (χ3n) is 3.82. The monoisotopic (exact) mass is 348 g/mol. The van der Waals surface area contributed by atoms with Crippen molar-refractivity contribution >= 4 is 23.2 Å². The molecule has 1 aliphatic rings. The van der Waals surface area contributed by atoms with E-state index in [1.807, 2.05) is 55.5 Å². The summed E-state index contributed by atoms with van der Waals surface area (Å²) >= 11 is 12.0. The smallest absolute Gasteiger partial charge is 0.183 e.